The molecule has 1 unspecified atom stereocenters. The van der Waals surface area contributed by atoms with Crippen molar-refractivity contribution in [3.05, 3.63) is 29.8 Å². The third-order valence-electron chi connectivity index (χ3n) is 3.19. The van der Waals surface area contributed by atoms with Gasteiger partial charge in [0.15, 0.2) is 0 Å². The number of anilines is 1. The Hall–Kier alpha value is -1.09. The number of hydrogen-bond acceptors (Lipinski definition) is 2. The molecule has 88 valence electrons. The first-order chi connectivity index (χ1) is 7.79. The molecule has 3 heteroatoms. The Labute approximate surface area is 96.2 Å². The molecule has 0 aliphatic carbocycles. The molecule has 1 saturated heterocycles. The third kappa shape index (κ3) is 2.73. The van der Waals surface area contributed by atoms with Crippen LogP contribution in [-0.2, 0) is 6.54 Å². The van der Waals surface area contributed by atoms with Gasteiger partial charge in [0, 0.05) is 25.3 Å². The van der Waals surface area contributed by atoms with Crippen LogP contribution in [0, 0.1) is 0 Å². The van der Waals surface area contributed by atoms with Crippen LogP contribution in [0.3, 0.4) is 0 Å². The number of nitrogens with two attached hydrogens (primary N) is 1. The average Bonchev–Trinajstić information content (AvgIpc) is 2.54. The monoisotopic (exact) mass is 222 g/mol. The van der Waals surface area contributed by atoms with Gasteiger partial charge in [0.05, 0.1) is 0 Å². The molecule has 1 heterocycles. The Morgan fingerprint density at radius 2 is 1.94 bits per heavy atom. The number of nitrogens with zero attached hydrogens (tertiary/aromatic N) is 1. The van der Waals surface area contributed by atoms with Crippen molar-refractivity contribution in [2.75, 3.05) is 18.0 Å². The zero-order valence-corrected chi connectivity index (χ0v) is 9.53. The molecule has 0 aromatic heterocycles. The summed E-state index contributed by atoms with van der Waals surface area (Å²) in [5, 5.41) is 0. The van der Waals surface area contributed by atoms with E-state index in [0.717, 1.165) is 25.1 Å². The van der Waals surface area contributed by atoms with E-state index in [-0.39, 0.29) is 0 Å². The molecule has 1 aliphatic rings. The van der Waals surface area contributed by atoms with Gasteiger partial charge in [0.1, 0.15) is 6.17 Å². The van der Waals surface area contributed by atoms with Crippen LogP contribution in [0.2, 0.25) is 0 Å². The SMILES string of the molecule is NCc1ccc(N2CCCC(F)CC2)cc1. The highest BCUT2D eigenvalue weighted by Gasteiger charge is 2.16. The summed E-state index contributed by atoms with van der Waals surface area (Å²) in [6.45, 7) is 2.36. The molecule has 2 rings (SSSR count). The Morgan fingerprint density at radius 3 is 2.62 bits per heavy atom. The van der Waals surface area contributed by atoms with E-state index in [1.807, 2.05) is 12.1 Å². The second kappa shape index (κ2) is 5.30. The van der Waals surface area contributed by atoms with Crippen molar-refractivity contribution < 1.29 is 4.39 Å². The molecule has 1 aliphatic heterocycles. The average molecular weight is 222 g/mol. The third-order valence-corrected chi connectivity index (χ3v) is 3.19. The molecule has 2 nitrogen and oxygen atoms in total. The van der Waals surface area contributed by atoms with Gasteiger partial charge in [-0.15, -0.1) is 0 Å². The summed E-state index contributed by atoms with van der Waals surface area (Å²) in [6, 6.07) is 8.27. The zero-order chi connectivity index (χ0) is 11.4. The smallest absolute Gasteiger partial charge is 0.102 e. The molecule has 16 heavy (non-hydrogen) atoms. The standard InChI is InChI=1S/C13H19FN2/c14-12-2-1-8-16(9-7-12)13-5-3-11(10-15)4-6-13/h3-6,12H,1-2,7-10,15H2. The molecular weight excluding hydrogens is 203 g/mol. The molecule has 1 fully saturated rings. The van der Waals surface area contributed by atoms with Gasteiger partial charge < -0.3 is 10.6 Å². The van der Waals surface area contributed by atoms with E-state index >= 15 is 0 Å². The molecule has 1 atom stereocenters. The maximum atomic E-state index is 13.2. The maximum absolute atomic E-state index is 13.2. The first-order valence-corrected chi connectivity index (χ1v) is 5.97. The Morgan fingerprint density at radius 1 is 1.19 bits per heavy atom. The highest BCUT2D eigenvalue weighted by Crippen LogP contribution is 2.21. The normalized spacial score (nSPS) is 21.9. The molecule has 2 N–H and O–H groups in total. The second-order valence-corrected chi connectivity index (χ2v) is 4.39. The van der Waals surface area contributed by atoms with E-state index in [1.54, 1.807) is 0 Å². The molecule has 0 saturated carbocycles. The molecule has 0 amide bonds. The predicted molar refractivity (Wildman–Crippen MR) is 65.3 cm³/mol. The van der Waals surface area contributed by atoms with Crippen LogP contribution < -0.4 is 10.6 Å². The van der Waals surface area contributed by atoms with Crippen molar-refractivity contribution in [1.29, 1.82) is 0 Å². The molecular formula is C13H19FN2. The Bertz CT molecular complexity index is 323. The van der Waals surface area contributed by atoms with Crippen LogP contribution in [0.1, 0.15) is 24.8 Å². The van der Waals surface area contributed by atoms with Gasteiger partial charge in [-0.3, -0.25) is 0 Å². The lowest BCUT2D eigenvalue weighted by atomic mass is 10.2. The van der Waals surface area contributed by atoms with Crippen LogP contribution in [0.15, 0.2) is 24.3 Å². The van der Waals surface area contributed by atoms with E-state index in [1.165, 1.54) is 5.69 Å². The lowest BCUT2D eigenvalue weighted by molar-refractivity contribution is 0.307. The Kier molecular flexibility index (Phi) is 3.78. The number of rotatable bonds is 2. The lowest BCUT2D eigenvalue weighted by Gasteiger charge is -2.22. The second-order valence-electron chi connectivity index (χ2n) is 4.39. The molecule has 0 spiro atoms. The quantitative estimate of drug-likeness (QED) is 0.833. The fourth-order valence-corrected chi connectivity index (χ4v) is 2.16. The molecule has 0 bridgehead atoms. The van der Waals surface area contributed by atoms with Gasteiger partial charge in [0.25, 0.3) is 0 Å². The number of hydrogen-bond donors (Lipinski definition) is 1. The van der Waals surface area contributed by atoms with Gasteiger partial charge in [-0.25, -0.2) is 4.39 Å². The van der Waals surface area contributed by atoms with Crippen molar-refractivity contribution in [2.45, 2.75) is 32.0 Å². The van der Waals surface area contributed by atoms with Gasteiger partial charge in [-0.1, -0.05) is 12.1 Å². The van der Waals surface area contributed by atoms with E-state index in [0.29, 0.717) is 19.4 Å². The van der Waals surface area contributed by atoms with E-state index < -0.39 is 6.17 Å². The van der Waals surface area contributed by atoms with Crippen LogP contribution in [-0.4, -0.2) is 19.3 Å². The largest absolute Gasteiger partial charge is 0.371 e. The predicted octanol–water partition coefficient (Wildman–Crippen LogP) is 2.47. The lowest BCUT2D eigenvalue weighted by Crippen LogP contribution is -2.24. The zero-order valence-electron chi connectivity index (χ0n) is 9.53. The summed E-state index contributed by atoms with van der Waals surface area (Å²) in [7, 11) is 0. The van der Waals surface area contributed by atoms with Gasteiger partial charge in [0.2, 0.25) is 0 Å². The maximum Gasteiger partial charge on any atom is 0.102 e. The van der Waals surface area contributed by atoms with Crippen molar-refractivity contribution >= 4 is 5.69 Å². The highest BCUT2D eigenvalue weighted by atomic mass is 19.1. The summed E-state index contributed by atoms with van der Waals surface area (Å²) in [5.74, 6) is 0. The van der Waals surface area contributed by atoms with Crippen LogP contribution in [0.5, 0.6) is 0 Å². The van der Waals surface area contributed by atoms with Crippen molar-refractivity contribution in [3.63, 3.8) is 0 Å². The number of benzene rings is 1. The van der Waals surface area contributed by atoms with E-state index in [9.17, 15) is 4.39 Å². The number of alkyl halides is 1. The summed E-state index contributed by atoms with van der Waals surface area (Å²) < 4.78 is 13.2. The van der Waals surface area contributed by atoms with Gasteiger partial charge in [-0.2, -0.15) is 0 Å². The molecule has 1 aromatic rings. The van der Waals surface area contributed by atoms with Crippen molar-refractivity contribution in [2.24, 2.45) is 5.73 Å². The minimum atomic E-state index is -0.617. The van der Waals surface area contributed by atoms with Crippen molar-refractivity contribution in [3.8, 4) is 0 Å². The van der Waals surface area contributed by atoms with E-state index in [2.05, 4.69) is 17.0 Å². The van der Waals surface area contributed by atoms with Gasteiger partial charge >= 0.3 is 0 Å². The first-order valence-electron chi connectivity index (χ1n) is 5.97. The molecule has 1 aromatic carbocycles. The summed E-state index contributed by atoms with van der Waals surface area (Å²) in [4.78, 5) is 2.26. The fourth-order valence-electron chi connectivity index (χ4n) is 2.16. The van der Waals surface area contributed by atoms with Gasteiger partial charge in [-0.05, 0) is 37.0 Å². The summed E-state index contributed by atoms with van der Waals surface area (Å²) in [6.07, 6.45) is 1.68. The minimum absolute atomic E-state index is 0.576. The summed E-state index contributed by atoms with van der Waals surface area (Å²) >= 11 is 0. The fraction of sp³-hybridized carbons (Fsp3) is 0.538. The minimum Gasteiger partial charge on any atom is -0.371 e. The van der Waals surface area contributed by atoms with E-state index in [4.69, 9.17) is 5.73 Å². The number of halogens is 1. The summed E-state index contributed by atoms with van der Waals surface area (Å²) in [5.41, 5.74) is 7.89. The van der Waals surface area contributed by atoms with Crippen molar-refractivity contribution in [1.82, 2.24) is 0 Å². The molecule has 0 radical (unpaired) electrons. The Balaban J connectivity index is 2.04. The first kappa shape index (κ1) is 11.4. The highest BCUT2D eigenvalue weighted by molar-refractivity contribution is 5.47. The van der Waals surface area contributed by atoms with Crippen LogP contribution in [0.4, 0.5) is 10.1 Å². The van der Waals surface area contributed by atoms with Crippen LogP contribution in [0.25, 0.3) is 0 Å². The van der Waals surface area contributed by atoms with Crippen LogP contribution >= 0.6 is 0 Å². The topological polar surface area (TPSA) is 29.3 Å².